The summed E-state index contributed by atoms with van der Waals surface area (Å²) in [7, 11) is -3.24. The maximum absolute atomic E-state index is 12.6. The molecule has 3 aromatic rings. The summed E-state index contributed by atoms with van der Waals surface area (Å²) in [4.78, 5) is 15.1. The number of hydrogen-bond acceptors (Lipinski definition) is 5. The largest absolute Gasteiger partial charge is 0.489 e. The summed E-state index contributed by atoms with van der Waals surface area (Å²) in [6.45, 7) is 2.46. The second-order valence-corrected chi connectivity index (χ2v) is 9.68. The van der Waals surface area contributed by atoms with Crippen molar-refractivity contribution in [2.24, 2.45) is 0 Å². The molecule has 0 aliphatic carbocycles. The van der Waals surface area contributed by atoms with Crippen molar-refractivity contribution in [3.05, 3.63) is 72.3 Å². The van der Waals surface area contributed by atoms with Crippen LogP contribution in [0, 0.1) is 0 Å². The Morgan fingerprint density at radius 2 is 1.73 bits per heavy atom. The Hall–Kier alpha value is -2.58. The second-order valence-electron chi connectivity index (χ2n) is 7.76. The second kappa shape index (κ2) is 7.59. The Balaban J connectivity index is 1.19. The van der Waals surface area contributed by atoms with E-state index in [1.54, 1.807) is 24.3 Å². The fraction of sp³-hybridized carbons (Fsp3) is 0.261. The van der Waals surface area contributed by atoms with Crippen LogP contribution in [0.3, 0.4) is 0 Å². The molecular weight excluding hydrogens is 400 g/mol. The Morgan fingerprint density at radius 1 is 0.967 bits per heavy atom. The van der Waals surface area contributed by atoms with E-state index >= 15 is 0 Å². The van der Waals surface area contributed by atoms with Crippen molar-refractivity contribution in [3.63, 3.8) is 0 Å². The topological polar surface area (TPSA) is 73.2 Å². The van der Waals surface area contributed by atoms with E-state index in [1.807, 2.05) is 18.2 Å². The monoisotopic (exact) mass is 424 g/mol. The van der Waals surface area contributed by atoms with E-state index in [4.69, 9.17) is 4.74 Å². The van der Waals surface area contributed by atoms with Crippen LogP contribution in [0.4, 0.5) is 0 Å². The molecule has 0 aromatic heterocycles. The maximum Gasteiger partial charge on any atom is 0.274 e. The van der Waals surface area contributed by atoms with Crippen LogP contribution < -0.4 is 4.74 Å². The molecule has 1 fully saturated rings. The molecule has 2 aliphatic heterocycles. The summed E-state index contributed by atoms with van der Waals surface area (Å²) in [5.41, 5.74) is 0.386. The number of ether oxygens (including phenoxy) is 1. The predicted octanol–water partition coefficient (Wildman–Crippen LogP) is 4.47. The van der Waals surface area contributed by atoms with Crippen molar-refractivity contribution in [2.75, 3.05) is 26.2 Å². The molecule has 2 N–H and O–H groups in total. The van der Waals surface area contributed by atoms with Crippen molar-refractivity contribution in [2.45, 2.75) is 17.4 Å². The van der Waals surface area contributed by atoms with Crippen molar-refractivity contribution < 1.29 is 18.6 Å². The lowest BCUT2D eigenvalue weighted by Crippen LogP contribution is -2.36. The van der Waals surface area contributed by atoms with E-state index in [9.17, 15) is 13.9 Å². The molecule has 1 saturated heterocycles. The van der Waals surface area contributed by atoms with E-state index in [0.717, 1.165) is 30.6 Å². The van der Waals surface area contributed by atoms with Crippen LogP contribution in [0.25, 0.3) is 10.8 Å². The quantitative estimate of drug-likeness (QED) is 0.632. The summed E-state index contributed by atoms with van der Waals surface area (Å²) in [5, 5.41) is 2.34. The molecule has 0 spiro atoms. The van der Waals surface area contributed by atoms with E-state index in [-0.39, 0.29) is 18.6 Å². The zero-order valence-electron chi connectivity index (χ0n) is 16.5. The van der Waals surface area contributed by atoms with Crippen LogP contribution in [0.5, 0.6) is 5.75 Å². The van der Waals surface area contributed by atoms with Gasteiger partial charge in [0.1, 0.15) is 11.9 Å². The third kappa shape index (κ3) is 3.44. The normalized spacial score (nSPS) is 21.7. The average molecular weight is 425 g/mol. The first-order valence-electron chi connectivity index (χ1n) is 10.1. The van der Waals surface area contributed by atoms with Gasteiger partial charge in [-0.05, 0) is 41.5 Å². The lowest BCUT2D eigenvalue weighted by molar-refractivity contribution is 0.0852. The minimum Gasteiger partial charge on any atom is -0.489 e. The number of carbonyl (C=O) groups excluding carboxylic acids is 1. The van der Waals surface area contributed by atoms with E-state index in [2.05, 4.69) is 29.2 Å². The molecule has 30 heavy (non-hydrogen) atoms. The van der Waals surface area contributed by atoms with E-state index in [0.29, 0.717) is 17.0 Å². The first kappa shape index (κ1) is 19.4. The molecule has 0 bridgehead atoms. The lowest BCUT2D eigenvalue weighted by atomic mass is 10.1. The fourth-order valence-corrected chi connectivity index (χ4v) is 5.86. The molecule has 5 rings (SSSR count). The zero-order chi connectivity index (χ0) is 20.7. The Bertz CT molecular complexity index is 1100. The van der Waals surface area contributed by atoms with Crippen molar-refractivity contribution in [1.82, 2.24) is 9.21 Å². The number of rotatable bonds is 5. The van der Waals surface area contributed by atoms with Crippen molar-refractivity contribution in [1.29, 1.82) is 0 Å². The molecule has 1 amide bonds. The molecule has 1 atom stereocenters. The van der Waals surface area contributed by atoms with Crippen LogP contribution in [0.1, 0.15) is 16.8 Å². The average Bonchev–Trinajstić information content (AvgIpc) is 3.27. The Labute approximate surface area is 177 Å². The third-order valence-electron chi connectivity index (χ3n) is 5.82. The summed E-state index contributed by atoms with van der Waals surface area (Å²) >= 11 is 0. The highest BCUT2D eigenvalue weighted by Gasteiger charge is 2.41. The highest BCUT2D eigenvalue weighted by atomic mass is 32.3. The number of hydrogen-bond donors (Lipinski definition) is 2. The Kier molecular flexibility index (Phi) is 4.91. The molecule has 7 heteroatoms. The number of benzene rings is 3. The number of carbonyl (C=O) groups is 1. The summed E-state index contributed by atoms with van der Waals surface area (Å²) < 4.78 is 28.6. The molecule has 6 nitrogen and oxygen atoms in total. The standard InChI is InChI=1S/C23H24N2O4S/c26-23-21-7-3-4-8-22(21)30(27,28)25(23)14-13-24-12-11-20(16-24)29-19-10-9-17-5-1-2-6-18(17)15-19/h1-10,15,20,27-28H,11-14,16H2. The van der Waals surface area contributed by atoms with Gasteiger partial charge in [0.15, 0.2) is 0 Å². The molecule has 156 valence electrons. The molecule has 3 aromatic carbocycles. The maximum atomic E-state index is 12.6. The van der Waals surface area contributed by atoms with Crippen molar-refractivity contribution in [3.8, 4) is 5.75 Å². The first-order chi connectivity index (χ1) is 14.5. The highest BCUT2D eigenvalue weighted by Crippen LogP contribution is 2.58. The Morgan fingerprint density at radius 3 is 2.57 bits per heavy atom. The van der Waals surface area contributed by atoms with Crippen LogP contribution in [-0.2, 0) is 0 Å². The fourth-order valence-electron chi connectivity index (χ4n) is 4.24. The van der Waals surface area contributed by atoms with Gasteiger partial charge in [0.25, 0.3) is 5.91 Å². The van der Waals surface area contributed by atoms with Gasteiger partial charge in [0.2, 0.25) is 0 Å². The first-order valence-corrected chi connectivity index (χ1v) is 11.6. The van der Waals surface area contributed by atoms with Crippen LogP contribution in [0.2, 0.25) is 0 Å². The van der Waals surface area contributed by atoms with Crippen LogP contribution in [0.15, 0.2) is 71.6 Å². The van der Waals surface area contributed by atoms with Crippen LogP contribution >= 0.6 is 10.8 Å². The van der Waals surface area contributed by atoms with Gasteiger partial charge in [-0.25, -0.2) is 4.31 Å². The van der Waals surface area contributed by atoms with E-state index < -0.39 is 10.8 Å². The van der Waals surface area contributed by atoms with Gasteiger partial charge in [0.05, 0.1) is 17.0 Å². The van der Waals surface area contributed by atoms with Gasteiger partial charge in [0, 0.05) is 19.6 Å². The van der Waals surface area contributed by atoms with Gasteiger partial charge < -0.3 is 4.74 Å². The van der Waals surface area contributed by atoms with Gasteiger partial charge in [-0.3, -0.25) is 18.8 Å². The molecule has 2 aliphatic rings. The smallest absolute Gasteiger partial charge is 0.274 e. The zero-order valence-corrected chi connectivity index (χ0v) is 17.3. The SMILES string of the molecule is O=C1c2ccccc2S(O)(O)N1CCN1CCC(Oc2ccc3ccccc3c2)C1. The molecule has 2 heterocycles. The number of amides is 1. The summed E-state index contributed by atoms with van der Waals surface area (Å²) in [6.07, 6.45) is 0.982. The number of likely N-dealkylation sites (tertiary alicyclic amines) is 1. The minimum atomic E-state index is -3.24. The van der Waals surface area contributed by atoms with Crippen LogP contribution in [-0.4, -0.2) is 56.5 Å². The van der Waals surface area contributed by atoms with E-state index in [1.165, 1.54) is 9.69 Å². The third-order valence-corrected chi connectivity index (χ3v) is 7.73. The van der Waals surface area contributed by atoms with Gasteiger partial charge in [-0.15, -0.1) is 0 Å². The predicted molar refractivity (Wildman–Crippen MR) is 118 cm³/mol. The summed E-state index contributed by atoms with van der Waals surface area (Å²) in [6, 6.07) is 21.1. The lowest BCUT2D eigenvalue weighted by Gasteiger charge is -2.37. The molecule has 1 unspecified atom stereocenters. The molecule has 0 radical (unpaired) electrons. The van der Waals surface area contributed by atoms with Crippen molar-refractivity contribution >= 4 is 27.5 Å². The minimum absolute atomic E-state index is 0.0815. The number of fused-ring (bicyclic) bond motifs is 2. The van der Waals surface area contributed by atoms with Gasteiger partial charge in [-0.1, -0.05) is 53.2 Å². The van der Waals surface area contributed by atoms with Gasteiger partial charge in [-0.2, -0.15) is 0 Å². The number of nitrogens with zero attached hydrogens (tertiary/aromatic N) is 2. The van der Waals surface area contributed by atoms with Gasteiger partial charge >= 0.3 is 0 Å². The molecular formula is C23H24N2O4S. The molecule has 0 saturated carbocycles. The highest BCUT2D eigenvalue weighted by molar-refractivity contribution is 8.23. The summed E-state index contributed by atoms with van der Waals surface area (Å²) in [5.74, 6) is 0.550.